The Labute approximate surface area is 159 Å². The molecule has 1 amide bonds. The summed E-state index contributed by atoms with van der Waals surface area (Å²) in [4.78, 5) is 11.9. The van der Waals surface area contributed by atoms with Gasteiger partial charge in [-0.1, -0.05) is 36.4 Å². The largest absolute Gasteiger partial charge is 0.489 e. The van der Waals surface area contributed by atoms with Gasteiger partial charge in [0.2, 0.25) is 10.0 Å². The van der Waals surface area contributed by atoms with Crippen LogP contribution in [0.4, 0.5) is 0 Å². The molecule has 7 heteroatoms. The highest BCUT2D eigenvalue weighted by atomic mass is 32.2. The van der Waals surface area contributed by atoms with Crippen LogP contribution in [0.25, 0.3) is 6.08 Å². The van der Waals surface area contributed by atoms with Gasteiger partial charge in [0.15, 0.2) is 0 Å². The number of hydrogen-bond donors (Lipinski definition) is 1. The van der Waals surface area contributed by atoms with Crippen molar-refractivity contribution in [3.63, 3.8) is 0 Å². The Bertz CT molecular complexity index is 934. The van der Waals surface area contributed by atoms with Gasteiger partial charge < -0.3 is 10.5 Å². The molecule has 27 heavy (non-hydrogen) atoms. The number of nitrogens with two attached hydrogens (primary N) is 1. The Morgan fingerprint density at radius 2 is 1.81 bits per heavy atom. The van der Waals surface area contributed by atoms with E-state index in [1.165, 1.54) is 22.5 Å². The number of hydrogen-bond acceptors (Lipinski definition) is 4. The van der Waals surface area contributed by atoms with Crippen LogP contribution in [0.3, 0.4) is 0 Å². The summed E-state index contributed by atoms with van der Waals surface area (Å²) in [6.07, 6.45) is 5.40. The van der Waals surface area contributed by atoms with Gasteiger partial charge in [0.05, 0.1) is 10.5 Å². The molecule has 2 aromatic carbocycles. The molecule has 0 spiro atoms. The van der Waals surface area contributed by atoms with E-state index in [1.807, 2.05) is 42.5 Å². The number of sulfonamides is 1. The van der Waals surface area contributed by atoms with Gasteiger partial charge in [-0.3, -0.25) is 4.79 Å². The first-order chi connectivity index (χ1) is 13.0. The number of primary amides is 1. The van der Waals surface area contributed by atoms with E-state index in [4.69, 9.17) is 10.5 Å². The minimum absolute atomic E-state index is 0.0587. The number of ether oxygens (including phenoxy) is 1. The molecule has 1 aliphatic rings. The van der Waals surface area contributed by atoms with Crippen LogP contribution in [0.15, 0.2) is 59.5 Å². The number of amides is 1. The number of carbonyl (C=O) groups excluding carboxylic acids is 1. The molecule has 1 heterocycles. The smallest absolute Gasteiger partial charge is 0.252 e. The quantitative estimate of drug-likeness (QED) is 0.792. The molecule has 3 rings (SSSR count). The third kappa shape index (κ3) is 4.56. The Morgan fingerprint density at radius 1 is 1.11 bits per heavy atom. The molecule has 2 aromatic rings. The summed E-state index contributed by atoms with van der Waals surface area (Å²) >= 11 is 0. The van der Waals surface area contributed by atoms with Crippen LogP contribution in [0.1, 0.15) is 28.8 Å². The van der Waals surface area contributed by atoms with Gasteiger partial charge in [-0.25, -0.2) is 8.42 Å². The Morgan fingerprint density at radius 3 is 2.48 bits per heavy atom. The predicted molar refractivity (Wildman–Crippen MR) is 104 cm³/mol. The van der Waals surface area contributed by atoms with Crippen LogP contribution >= 0.6 is 0 Å². The molecular weight excluding hydrogens is 364 g/mol. The van der Waals surface area contributed by atoms with Crippen LogP contribution in [-0.4, -0.2) is 38.3 Å². The van der Waals surface area contributed by atoms with Gasteiger partial charge in [-0.15, -0.1) is 0 Å². The zero-order valence-electron chi connectivity index (χ0n) is 14.9. The lowest BCUT2D eigenvalue weighted by molar-refractivity contribution is 0.0996. The van der Waals surface area contributed by atoms with E-state index in [1.54, 1.807) is 0 Å². The second-order valence-corrected chi connectivity index (χ2v) is 8.20. The van der Waals surface area contributed by atoms with Crippen LogP contribution in [0.5, 0.6) is 5.75 Å². The molecule has 0 radical (unpaired) electrons. The Hall–Kier alpha value is -2.64. The lowest BCUT2D eigenvalue weighted by Crippen LogP contribution is -2.28. The average Bonchev–Trinajstić information content (AvgIpc) is 3.21. The van der Waals surface area contributed by atoms with E-state index >= 15 is 0 Å². The molecule has 142 valence electrons. The van der Waals surface area contributed by atoms with Crippen LogP contribution in [0.2, 0.25) is 0 Å². The highest BCUT2D eigenvalue weighted by molar-refractivity contribution is 7.89. The topological polar surface area (TPSA) is 89.7 Å². The fourth-order valence-electron chi connectivity index (χ4n) is 2.95. The standard InChI is InChI=1S/C20H22N2O4S/c21-20(23)18-15-17(27(24,25)22-12-4-5-13-22)10-11-19(18)26-14-6-9-16-7-2-1-3-8-16/h1-3,6-11,15H,4-5,12-14H2,(H2,21,23). The van der Waals surface area contributed by atoms with Crippen LogP contribution in [0, 0.1) is 0 Å². The minimum atomic E-state index is -3.62. The summed E-state index contributed by atoms with van der Waals surface area (Å²) < 4.78 is 32.4. The molecule has 0 bridgehead atoms. The molecular formula is C20H22N2O4S. The lowest BCUT2D eigenvalue weighted by Gasteiger charge is -2.17. The van der Waals surface area contributed by atoms with E-state index in [2.05, 4.69) is 0 Å². The zero-order valence-corrected chi connectivity index (χ0v) is 15.7. The van der Waals surface area contributed by atoms with Crippen molar-refractivity contribution in [2.24, 2.45) is 5.73 Å². The SMILES string of the molecule is NC(=O)c1cc(S(=O)(=O)N2CCCC2)ccc1OCC=Cc1ccccc1. The zero-order chi connectivity index (χ0) is 19.3. The third-order valence-corrected chi connectivity index (χ3v) is 6.26. The molecule has 0 aliphatic carbocycles. The van der Waals surface area contributed by atoms with Gasteiger partial charge >= 0.3 is 0 Å². The van der Waals surface area contributed by atoms with Crippen molar-refractivity contribution in [3.8, 4) is 5.75 Å². The van der Waals surface area contributed by atoms with E-state index in [-0.39, 0.29) is 22.8 Å². The number of nitrogens with zero attached hydrogens (tertiary/aromatic N) is 1. The summed E-state index contributed by atoms with van der Waals surface area (Å²) in [6.45, 7) is 1.22. The maximum atomic E-state index is 12.7. The second kappa shape index (κ2) is 8.37. The van der Waals surface area contributed by atoms with Crippen molar-refractivity contribution in [1.82, 2.24) is 4.31 Å². The maximum absolute atomic E-state index is 12.7. The molecule has 1 aliphatic heterocycles. The molecule has 1 fully saturated rings. The van der Waals surface area contributed by atoms with Gasteiger partial charge in [0.1, 0.15) is 12.4 Å². The molecule has 6 nitrogen and oxygen atoms in total. The highest BCUT2D eigenvalue weighted by Crippen LogP contribution is 2.26. The van der Waals surface area contributed by atoms with Crippen molar-refractivity contribution < 1.29 is 17.9 Å². The molecule has 0 atom stereocenters. The van der Waals surface area contributed by atoms with Crippen molar-refractivity contribution in [1.29, 1.82) is 0 Å². The van der Waals surface area contributed by atoms with Gasteiger partial charge in [-0.05, 0) is 42.7 Å². The Balaban J connectivity index is 1.76. The molecule has 2 N–H and O–H groups in total. The number of rotatable bonds is 7. The fraction of sp³-hybridized carbons (Fsp3) is 0.250. The summed E-state index contributed by atoms with van der Waals surface area (Å²) in [7, 11) is -3.62. The number of benzene rings is 2. The lowest BCUT2D eigenvalue weighted by atomic mass is 10.2. The van der Waals surface area contributed by atoms with Crippen molar-refractivity contribution in [2.75, 3.05) is 19.7 Å². The first-order valence-electron chi connectivity index (χ1n) is 8.77. The summed E-state index contributed by atoms with van der Waals surface area (Å²) in [5.41, 5.74) is 6.52. The predicted octanol–water partition coefficient (Wildman–Crippen LogP) is 2.66. The van der Waals surface area contributed by atoms with E-state index in [9.17, 15) is 13.2 Å². The number of carbonyl (C=O) groups is 1. The minimum Gasteiger partial charge on any atom is -0.489 e. The van der Waals surface area contributed by atoms with Crippen LogP contribution < -0.4 is 10.5 Å². The van der Waals surface area contributed by atoms with Crippen molar-refractivity contribution in [3.05, 3.63) is 65.7 Å². The highest BCUT2D eigenvalue weighted by Gasteiger charge is 2.28. The van der Waals surface area contributed by atoms with Gasteiger partial charge in [0, 0.05) is 13.1 Å². The second-order valence-electron chi connectivity index (χ2n) is 6.26. The third-order valence-electron chi connectivity index (χ3n) is 4.36. The van der Waals surface area contributed by atoms with Gasteiger partial charge in [-0.2, -0.15) is 4.31 Å². The first-order valence-corrected chi connectivity index (χ1v) is 10.2. The fourth-order valence-corrected chi connectivity index (χ4v) is 4.50. The molecule has 0 aromatic heterocycles. The Kier molecular flexibility index (Phi) is 5.93. The monoisotopic (exact) mass is 386 g/mol. The van der Waals surface area contributed by atoms with Crippen LogP contribution in [-0.2, 0) is 10.0 Å². The summed E-state index contributed by atoms with van der Waals surface area (Å²) in [6, 6.07) is 14.0. The first kappa shape index (κ1) is 19.1. The van der Waals surface area contributed by atoms with E-state index < -0.39 is 15.9 Å². The average molecular weight is 386 g/mol. The molecule has 1 saturated heterocycles. The molecule has 0 saturated carbocycles. The molecule has 0 unspecified atom stereocenters. The van der Waals surface area contributed by atoms with E-state index in [0.29, 0.717) is 13.1 Å². The van der Waals surface area contributed by atoms with Crippen molar-refractivity contribution >= 4 is 22.0 Å². The summed E-state index contributed by atoms with van der Waals surface area (Å²) in [5.74, 6) is -0.462. The summed E-state index contributed by atoms with van der Waals surface area (Å²) in [5, 5.41) is 0. The maximum Gasteiger partial charge on any atom is 0.252 e. The van der Waals surface area contributed by atoms with Gasteiger partial charge in [0.25, 0.3) is 5.91 Å². The van der Waals surface area contributed by atoms with E-state index in [0.717, 1.165) is 18.4 Å². The normalized spacial score (nSPS) is 15.3. The van der Waals surface area contributed by atoms with Crippen molar-refractivity contribution in [2.45, 2.75) is 17.7 Å².